The van der Waals surface area contributed by atoms with E-state index in [2.05, 4.69) is 21.2 Å². The zero-order valence-electron chi connectivity index (χ0n) is 11.0. The van der Waals surface area contributed by atoms with Crippen molar-refractivity contribution < 1.29 is 9.90 Å². The van der Waals surface area contributed by atoms with Crippen LogP contribution in [0.3, 0.4) is 0 Å². The van der Waals surface area contributed by atoms with Crippen LogP contribution >= 0.6 is 15.9 Å². The summed E-state index contributed by atoms with van der Waals surface area (Å²) in [6.07, 6.45) is 2.31. The first kappa shape index (κ1) is 14.3. The number of benzene rings is 1. The van der Waals surface area contributed by atoms with Gasteiger partial charge in [-0.15, -0.1) is 0 Å². The van der Waals surface area contributed by atoms with Gasteiger partial charge in [0.05, 0.1) is 5.56 Å². The van der Waals surface area contributed by atoms with E-state index >= 15 is 0 Å². The summed E-state index contributed by atoms with van der Waals surface area (Å²) in [6, 6.07) is 4.91. The Hall–Kier alpha value is -1.07. The van der Waals surface area contributed by atoms with Gasteiger partial charge in [0.25, 0.3) is 5.91 Å². The number of phenolic OH excluding ortho intramolecular Hbond substituents is 1. The standard InChI is InChI=1S/C14H19BrN2O2/c1-17(9-10-3-2-6-16-8-10)14(19)12-7-11(15)4-5-13(12)18/h4-5,7,10,16,18H,2-3,6,8-9H2,1H3. The second-order valence-corrected chi connectivity index (χ2v) is 5.98. The van der Waals surface area contributed by atoms with E-state index in [0.29, 0.717) is 11.5 Å². The van der Waals surface area contributed by atoms with Crippen LogP contribution in [0.2, 0.25) is 0 Å². The molecule has 1 aliphatic rings. The maximum atomic E-state index is 12.3. The normalized spacial score (nSPS) is 19.2. The summed E-state index contributed by atoms with van der Waals surface area (Å²) in [4.78, 5) is 14.0. The number of nitrogens with zero attached hydrogens (tertiary/aromatic N) is 1. The molecule has 0 aliphatic carbocycles. The first-order chi connectivity index (χ1) is 9.08. The summed E-state index contributed by atoms with van der Waals surface area (Å²) in [7, 11) is 1.79. The van der Waals surface area contributed by atoms with Crippen molar-refractivity contribution in [2.45, 2.75) is 12.8 Å². The zero-order valence-corrected chi connectivity index (χ0v) is 12.6. The summed E-state index contributed by atoms with van der Waals surface area (Å²) in [5, 5.41) is 13.1. The lowest BCUT2D eigenvalue weighted by Gasteiger charge is -2.27. The first-order valence-corrected chi connectivity index (χ1v) is 7.32. The van der Waals surface area contributed by atoms with E-state index in [0.717, 1.165) is 36.9 Å². The van der Waals surface area contributed by atoms with Crippen LogP contribution in [-0.2, 0) is 0 Å². The number of halogens is 1. The fourth-order valence-corrected chi connectivity index (χ4v) is 2.80. The predicted octanol–water partition coefficient (Wildman–Crippen LogP) is 2.23. The van der Waals surface area contributed by atoms with E-state index in [1.807, 2.05) is 0 Å². The van der Waals surface area contributed by atoms with Gasteiger partial charge in [0, 0.05) is 18.1 Å². The van der Waals surface area contributed by atoms with Crippen molar-refractivity contribution in [1.29, 1.82) is 0 Å². The molecule has 1 saturated heterocycles. The Labute approximate surface area is 121 Å². The molecule has 0 radical (unpaired) electrons. The van der Waals surface area contributed by atoms with Gasteiger partial charge in [-0.05, 0) is 50.0 Å². The third kappa shape index (κ3) is 3.70. The third-order valence-electron chi connectivity index (χ3n) is 3.47. The SMILES string of the molecule is CN(CC1CCCNC1)C(=O)c1cc(Br)ccc1O. The Bertz CT molecular complexity index is 459. The van der Waals surface area contributed by atoms with Crippen LogP contribution in [0.1, 0.15) is 23.2 Å². The molecule has 1 aromatic carbocycles. The van der Waals surface area contributed by atoms with Gasteiger partial charge in [-0.3, -0.25) is 4.79 Å². The molecular formula is C14H19BrN2O2. The highest BCUT2D eigenvalue weighted by Gasteiger charge is 2.20. The third-order valence-corrected chi connectivity index (χ3v) is 3.96. The van der Waals surface area contributed by atoms with E-state index in [1.165, 1.54) is 6.07 Å². The molecular weight excluding hydrogens is 308 g/mol. The van der Waals surface area contributed by atoms with Crippen molar-refractivity contribution in [2.75, 3.05) is 26.7 Å². The largest absolute Gasteiger partial charge is 0.507 e. The summed E-state index contributed by atoms with van der Waals surface area (Å²) < 4.78 is 0.793. The van der Waals surface area contributed by atoms with Crippen LogP contribution < -0.4 is 5.32 Å². The van der Waals surface area contributed by atoms with E-state index in [1.54, 1.807) is 24.1 Å². The highest BCUT2D eigenvalue weighted by Crippen LogP contribution is 2.23. The number of aromatic hydroxyl groups is 1. The number of piperidine rings is 1. The summed E-state index contributed by atoms with van der Waals surface area (Å²) >= 11 is 3.32. The smallest absolute Gasteiger partial charge is 0.257 e. The van der Waals surface area contributed by atoms with Crippen molar-refractivity contribution in [3.05, 3.63) is 28.2 Å². The van der Waals surface area contributed by atoms with Crippen molar-refractivity contribution in [2.24, 2.45) is 5.92 Å². The molecule has 0 aromatic heterocycles. The minimum absolute atomic E-state index is 0.0295. The van der Waals surface area contributed by atoms with E-state index in [9.17, 15) is 9.90 Å². The molecule has 0 saturated carbocycles. The van der Waals surface area contributed by atoms with Crippen LogP contribution in [0.4, 0.5) is 0 Å². The molecule has 1 atom stereocenters. The van der Waals surface area contributed by atoms with Crippen LogP contribution in [-0.4, -0.2) is 42.6 Å². The number of phenols is 1. The minimum atomic E-state index is -0.135. The highest BCUT2D eigenvalue weighted by molar-refractivity contribution is 9.10. The lowest BCUT2D eigenvalue weighted by atomic mass is 9.99. The molecule has 1 aromatic rings. The topological polar surface area (TPSA) is 52.6 Å². The van der Waals surface area contributed by atoms with Gasteiger partial charge in [0.2, 0.25) is 0 Å². The lowest BCUT2D eigenvalue weighted by molar-refractivity contribution is 0.0761. The maximum Gasteiger partial charge on any atom is 0.257 e. The fourth-order valence-electron chi connectivity index (χ4n) is 2.44. The first-order valence-electron chi connectivity index (χ1n) is 6.52. The second kappa shape index (κ2) is 6.39. The van der Waals surface area contributed by atoms with Crippen molar-refractivity contribution in [3.8, 4) is 5.75 Å². The Morgan fingerprint density at radius 3 is 3.05 bits per heavy atom. The molecule has 104 valence electrons. The van der Waals surface area contributed by atoms with Gasteiger partial charge < -0.3 is 15.3 Å². The number of carbonyl (C=O) groups excluding carboxylic acids is 1. The second-order valence-electron chi connectivity index (χ2n) is 5.06. The Morgan fingerprint density at radius 1 is 1.58 bits per heavy atom. The molecule has 1 unspecified atom stereocenters. The van der Waals surface area contributed by atoms with Crippen LogP contribution in [0.25, 0.3) is 0 Å². The average Bonchev–Trinajstić information content (AvgIpc) is 2.42. The number of hydrogen-bond acceptors (Lipinski definition) is 3. The molecule has 5 heteroatoms. The summed E-state index contributed by atoms with van der Waals surface area (Å²) in [5.41, 5.74) is 0.348. The van der Waals surface area contributed by atoms with Gasteiger partial charge in [-0.25, -0.2) is 0 Å². The number of hydrogen-bond donors (Lipinski definition) is 2. The zero-order chi connectivity index (χ0) is 13.8. The quantitative estimate of drug-likeness (QED) is 0.895. The molecule has 0 spiro atoms. The summed E-state index contributed by atoms with van der Waals surface area (Å²) in [6.45, 7) is 2.75. The minimum Gasteiger partial charge on any atom is -0.507 e. The lowest BCUT2D eigenvalue weighted by Crippen LogP contribution is -2.39. The molecule has 19 heavy (non-hydrogen) atoms. The molecule has 1 heterocycles. The molecule has 1 fully saturated rings. The number of amides is 1. The summed E-state index contributed by atoms with van der Waals surface area (Å²) in [5.74, 6) is 0.392. The molecule has 2 rings (SSSR count). The van der Waals surface area contributed by atoms with Crippen molar-refractivity contribution in [3.63, 3.8) is 0 Å². The monoisotopic (exact) mass is 326 g/mol. The number of carbonyl (C=O) groups is 1. The van der Waals surface area contributed by atoms with E-state index < -0.39 is 0 Å². The molecule has 1 amide bonds. The average molecular weight is 327 g/mol. The van der Waals surface area contributed by atoms with Crippen LogP contribution in [0, 0.1) is 5.92 Å². The van der Waals surface area contributed by atoms with Gasteiger partial charge in [-0.1, -0.05) is 15.9 Å². The Kier molecular flexibility index (Phi) is 4.82. The van der Waals surface area contributed by atoms with Crippen LogP contribution in [0.5, 0.6) is 5.75 Å². The molecule has 1 aliphatic heterocycles. The highest BCUT2D eigenvalue weighted by atomic mass is 79.9. The molecule has 4 nitrogen and oxygen atoms in total. The van der Waals surface area contributed by atoms with Gasteiger partial charge in [0.1, 0.15) is 5.75 Å². The number of nitrogens with one attached hydrogen (secondary N) is 1. The molecule has 2 N–H and O–H groups in total. The van der Waals surface area contributed by atoms with Gasteiger partial charge in [0.15, 0.2) is 0 Å². The van der Waals surface area contributed by atoms with Crippen LogP contribution in [0.15, 0.2) is 22.7 Å². The predicted molar refractivity (Wildman–Crippen MR) is 78.4 cm³/mol. The van der Waals surface area contributed by atoms with E-state index in [4.69, 9.17) is 0 Å². The molecule has 0 bridgehead atoms. The Morgan fingerprint density at radius 2 is 2.37 bits per heavy atom. The van der Waals surface area contributed by atoms with Gasteiger partial charge >= 0.3 is 0 Å². The fraction of sp³-hybridized carbons (Fsp3) is 0.500. The maximum absolute atomic E-state index is 12.3. The van der Waals surface area contributed by atoms with Crippen molar-refractivity contribution in [1.82, 2.24) is 10.2 Å². The van der Waals surface area contributed by atoms with E-state index in [-0.39, 0.29) is 11.7 Å². The Balaban J connectivity index is 2.03. The number of rotatable bonds is 3. The van der Waals surface area contributed by atoms with Gasteiger partial charge in [-0.2, -0.15) is 0 Å². The van der Waals surface area contributed by atoms with Crippen molar-refractivity contribution >= 4 is 21.8 Å².